The fourth-order valence-electron chi connectivity index (χ4n) is 4.72. The highest BCUT2D eigenvalue weighted by molar-refractivity contribution is 7.92. The summed E-state index contributed by atoms with van der Waals surface area (Å²) in [5.74, 6) is -0.00483. The number of hydrogen-bond donors (Lipinski definition) is 0. The van der Waals surface area contributed by atoms with Crippen molar-refractivity contribution in [3.8, 4) is 0 Å². The lowest BCUT2D eigenvalue weighted by Gasteiger charge is -2.34. The minimum atomic E-state index is -3.74. The number of hydrogen-bond acceptors (Lipinski definition) is 5. The van der Waals surface area contributed by atoms with E-state index >= 15 is 0 Å². The average Bonchev–Trinajstić information content (AvgIpc) is 3.49. The first-order chi connectivity index (χ1) is 15.0. The van der Waals surface area contributed by atoms with Gasteiger partial charge in [-0.15, -0.1) is 0 Å². The lowest BCUT2D eigenvalue weighted by Crippen LogP contribution is -2.43. The molecular formula is C23H26N2O5S. The lowest BCUT2D eigenvalue weighted by atomic mass is 9.96. The molecule has 0 radical (unpaired) electrons. The molecule has 0 bridgehead atoms. The molecule has 0 aromatic heterocycles. The van der Waals surface area contributed by atoms with Gasteiger partial charge in [0.1, 0.15) is 0 Å². The van der Waals surface area contributed by atoms with Crippen molar-refractivity contribution < 1.29 is 22.7 Å². The molecule has 5 rings (SSSR count). The zero-order chi connectivity index (χ0) is 21.4. The monoisotopic (exact) mass is 442 g/mol. The Hall–Kier alpha value is -2.42. The number of nitrogens with zero attached hydrogens (tertiary/aromatic N) is 2. The second kappa shape index (κ2) is 8.26. The first-order valence-corrected chi connectivity index (χ1v) is 12.2. The molecule has 0 spiro atoms. The third-order valence-electron chi connectivity index (χ3n) is 6.29. The van der Waals surface area contributed by atoms with E-state index in [9.17, 15) is 13.2 Å². The highest BCUT2D eigenvalue weighted by atomic mass is 32.2. The molecule has 1 amide bonds. The van der Waals surface area contributed by atoms with Gasteiger partial charge < -0.3 is 14.4 Å². The first kappa shape index (κ1) is 20.5. The minimum Gasteiger partial charge on any atom is -0.350 e. The summed E-state index contributed by atoms with van der Waals surface area (Å²) in [6.07, 6.45) is 2.27. The van der Waals surface area contributed by atoms with Crippen molar-refractivity contribution in [2.75, 3.05) is 37.2 Å². The van der Waals surface area contributed by atoms with Crippen molar-refractivity contribution in [2.24, 2.45) is 5.92 Å². The van der Waals surface area contributed by atoms with E-state index in [1.807, 2.05) is 24.3 Å². The van der Waals surface area contributed by atoms with Gasteiger partial charge in [-0.3, -0.25) is 9.10 Å². The summed E-state index contributed by atoms with van der Waals surface area (Å²) >= 11 is 0. The Kier molecular flexibility index (Phi) is 5.45. The van der Waals surface area contributed by atoms with Crippen molar-refractivity contribution in [3.63, 3.8) is 0 Å². The highest BCUT2D eigenvalue weighted by Gasteiger charge is 2.34. The maximum atomic E-state index is 13.3. The summed E-state index contributed by atoms with van der Waals surface area (Å²) in [5.41, 5.74) is 2.13. The van der Waals surface area contributed by atoms with Crippen LogP contribution in [0.2, 0.25) is 0 Å². The van der Waals surface area contributed by atoms with Crippen molar-refractivity contribution in [1.82, 2.24) is 4.90 Å². The van der Waals surface area contributed by atoms with Crippen LogP contribution in [0.25, 0.3) is 0 Å². The van der Waals surface area contributed by atoms with Gasteiger partial charge in [-0.25, -0.2) is 8.42 Å². The Morgan fingerprint density at radius 3 is 2.65 bits per heavy atom. The highest BCUT2D eigenvalue weighted by Crippen LogP contribution is 2.33. The molecule has 0 N–H and O–H groups in total. The third kappa shape index (κ3) is 3.84. The van der Waals surface area contributed by atoms with Crippen LogP contribution in [0.15, 0.2) is 53.4 Å². The first-order valence-electron chi connectivity index (χ1n) is 10.8. The topological polar surface area (TPSA) is 76.2 Å². The van der Waals surface area contributed by atoms with Crippen molar-refractivity contribution in [1.29, 1.82) is 0 Å². The van der Waals surface area contributed by atoms with Crippen LogP contribution >= 0.6 is 0 Å². The van der Waals surface area contributed by atoms with Crippen LogP contribution in [0, 0.1) is 5.92 Å². The van der Waals surface area contributed by atoms with E-state index in [-0.39, 0.29) is 23.0 Å². The number of para-hydroxylation sites is 1. The summed E-state index contributed by atoms with van der Waals surface area (Å²) in [6, 6.07) is 13.9. The van der Waals surface area contributed by atoms with Crippen LogP contribution in [-0.2, 0) is 25.9 Å². The van der Waals surface area contributed by atoms with Crippen molar-refractivity contribution in [2.45, 2.75) is 30.4 Å². The minimum absolute atomic E-state index is 0.145. The van der Waals surface area contributed by atoms with E-state index in [1.165, 1.54) is 10.4 Å². The zero-order valence-electron chi connectivity index (χ0n) is 17.3. The van der Waals surface area contributed by atoms with Gasteiger partial charge in [0.05, 0.1) is 23.8 Å². The van der Waals surface area contributed by atoms with Crippen LogP contribution in [0.1, 0.15) is 28.8 Å². The van der Waals surface area contributed by atoms with Gasteiger partial charge in [0.15, 0.2) is 6.29 Å². The third-order valence-corrected chi connectivity index (χ3v) is 8.10. The number of carbonyl (C=O) groups is 1. The van der Waals surface area contributed by atoms with Crippen LogP contribution in [-0.4, -0.2) is 58.4 Å². The number of likely N-dealkylation sites (tertiary alicyclic amines) is 1. The predicted octanol–water partition coefficient (Wildman–Crippen LogP) is 2.66. The van der Waals surface area contributed by atoms with Crippen molar-refractivity contribution in [3.05, 3.63) is 59.7 Å². The van der Waals surface area contributed by atoms with Gasteiger partial charge in [-0.2, -0.15) is 0 Å². The molecule has 3 heterocycles. The SMILES string of the molecule is O=C(c1cccc(S(=O)(=O)N2CCc3ccccc32)c1)N1CCCC(C2OCCO2)C1. The van der Waals surface area contributed by atoms with Crippen LogP contribution in [0.4, 0.5) is 5.69 Å². The molecule has 2 aromatic carbocycles. The number of piperidine rings is 1. The van der Waals surface area contributed by atoms with Gasteiger partial charge >= 0.3 is 0 Å². The van der Waals surface area contributed by atoms with Gasteiger partial charge in [-0.05, 0) is 49.1 Å². The number of rotatable bonds is 4. The Morgan fingerprint density at radius 1 is 1.00 bits per heavy atom. The van der Waals surface area contributed by atoms with E-state index in [1.54, 1.807) is 23.1 Å². The fourth-order valence-corrected chi connectivity index (χ4v) is 6.27. The van der Waals surface area contributed by atoms with E-state index in [2.05, 4.69) is 0 Å². The summed E-state index contributed by atoms with van der Waals surface area (Å²) in [4.78, 5) is 15.1. The Morgan fingerprint density at radius 2 is 1.81 bits per heavy atom. The molecule has 7 nitrogen and oxygen atoms in total. The molecule has 164 valence electrons. The second-order valence-electron chi connectivity index (χ2n) is 8.25. The van der Waals surface area contributed by atoms with Crippen LogP contribution in [0.5, 0.6) is 0 Å². The Bertz CT molecular complexity index is 1080. The molecule has 0 aliphatic carbocycles. The summed E-state index contributed by atoms with van der Waals surface area (Å²) < 4.78 is 39.4. The van der Waals surface area contributed by atoms with Gasteiger partial charge in [0.25, 0.3) is 15.9 Å². The molecule has 31 heavy (non-hydrogen) atoms. The predicted molar refractivity (Wildman–Crippen MR) is 115 cm³/mol. The van der Waals surface area contributed by atoms with Crippen LogP contribution < -0.4 is 4.31 Å². The number of fused-ring (bicyclic) bond motifs is 1. The maximum absolute atomic E-state index is 13.3. The number of sulfonamides is 1. The smallest absolute Gasteiger partial charge is 0.264 e. The molecule has 2 fully saturated rings. The average molecular weight is 443 g/mol. The van der Waals surface area contributed by atoms with Gasteiger partial charge in [0.2, 0.25) is 0 Å². The molecule has 3 aliphatic heterocycles. The summed E-state index contributed by atoms with van der Waals surface area (Å²) in [6.45, 7) is 2.80. The molecule has 8 heteroatoms. The maximum Gasteiger partial charge on any atom is 0.264 e. The molecule has 2 aromatic rings. The molecular weight excluding hydrogens is 416 g/mol. The molecule has 1 atom stereocenters. The number of anilines is 1. The second-order valence-corrected chi connectivity index (χ2v) is 10.1. The number of carbonyl (C=O) groups excluding carboxylic acids is 1. The van der Waals surface area contributed by atoms with Gasteiger partial charge in [-0.1, -0.05) is 24.3 Å². The van der Waals surface area contributed by atoms with Crippen LogP contribution in [0.3, 0.4) is 0 Å². The lowest BCUT2D eigenvalue weighted by molar-refractivity contribution is -0.0969. The number of ether oxygens (including phenoxy) is 2. The largest absolute Gasteiger partial charge is 0.350 e. The zero-order valence-corrected chi connectivity index (χ0v) is 18.1. The van der Waals surface area contributed by atoms with Gasteiger partial charge in [0, 0.05) is 31.1 Å². The summed E-state index contributed by atoms with van der Waals surface area (Å²) in [5, 5.41) is 0. The molecule has 0 saturated carbocycles. The summed E-state index contributed by atoms with van der Waals surface area (Å²) in [7, 11) is -3.74. The quantitative estimate of drug-likeness (QED) is 0.728. The van der Waals surface area contributed by atoms with E-state index in [0.29, 0.717) is 44.8 Å². The fraction of sp³-hybridized carbons (Fsp3) is 0.435. The Labute approximate surface area is 182 Å². The van der Waals surface area contributed by atoms with E-state index < -0.39 is 10.0 Å². The number of amides is 1. The van der Waals surface area contributed by atoms with E-state index in [4.69, 9.17) is 9.47 Å². The standard InChI is InChI=1S/C23H26N2O5S/c26-22(24-11-4-7-19(16-24)23-29-13-14-30-23)18-6-3-8-20(15-18)31(27,28)25-12-10-17-5-1-2-9-21(17)25/h1-3,5-6,8-9,15,19,23H,4,7,10-14,16H2. The molecule has 2 saturated heterocycles. The normalized spacial score (nSPS) is 22.0. The van der Waals surface area contributed by atoms with Crippen molar-refractivity contribution >= 4 is 21.6 Å². The molecule has 3 aliphatic rings. The Balaban J connectivity index is 1.37. The molecule has 1 unspecified atom stereocenters. The number of benzene rings is 2. The van der Waals surface area contributed by atoms with E-state index in [0.717, 1.165) is 24.1 Å².